The van der Waals surface area contributed by atoms with Crippen LogP contribution in [-0.4, -0.2) is 22.5 Å². The van der Waals surface area contributed by atoms with Crippen molar-refractivity contribution in [2.75, 3.05) is 0 Å². The molecule has 102 valence electrons. The Labute approximate surface area is 120 Å². The first kappa shape index (κ1) is 14.1. The number of amides is 1. The van der Waals surface area contributed by atoms with Crippen molar-refractivity contribution >= 4 is 27.8 Å². The van der Waals surface area contributed by atoms with Crippen LogP contribution >= 0.6 is 15.9 Å². The van der Waals surface area contributed by atoms with Gasteiger partial charge in [0.2, 0.25) is 5.91 Å². The van der Waals surface area contributed by atoms with Crippen molar-refractivity contribution in [1.82, 2.24) is 5.32 Å². The highest BCUT2D eigenvalue weighted by Gasteiger charge is 2.45. The molecule has 0 radical (unpaired) electrons. The lowest BCUT2D eigenvalue weighted by molar-refractivity contribution is -0.151. The molecule has 0 bridgehead atoms. The van der Waals surface area contributed by atoms with Crippen LogP contribution in [0.25, 0.3) is 0 Å². The molecule has 1 aliphatic rings. The molecule has 0 unspecified atom stereocenters. The normalized spacial score (nSPS) is 16.5. The first-order valence-corrected chi connectivity index (χ1v) is 7.10. The van der Waals surface area contributed by atoms with Crippen molar-refractivity contribution in [3.8, 4) is 0 Å². The van der Waals surface area contributed by atoms with Crippen LogP contribution in [0.2, 0.25) is 0 Å². The highest BCUT2D eigenvalue weighted by molar-refractivity contribution is 9.10. The number of aliphatic carboxylic acids is 1. The maximum atomic E-state index is 11.8. The molecule has 1 aromatic carbocycles. The lowest BCUT2D eigenvalue weighted by Crippen LogP contribution is -2.59. The molecule has 1 aromatic rings. The third-order valence-corrected chi connectivity index (χ3v) is 4.08. The molecule has 1 saturated carbocycles. The van der Waals surface area contributed by atoms with E-state index in [-0.39, 0.29) is 5.91 Å². The SMILES string of the molecule is O=C(CCc1ccc(Br)cc1)NC1(C(=O)O)CCC1. The number of benzene rings is 1. The molecule has 0 spiro atoms. The van der Waals surface area contributed by atoms with Gasteiger partial charge in [0.25, 0.3) is 0 Å². The molecule has 0 saturated heterocycles. The van der Waals surface area contributed by atoms with Crippen molar-refractivity contribution in [1.29, 1.82) is 0 Å². The van der Waals surface area contributed by atoms with Crippen LogP contribution in [0.1, 0.15) is 31.2 Å². The van der Waals surface area contributed by atoms with Crippen LogP contribution in [0.15, 0.2) is 28.7 Å². The van der Waals surface area contributed by atoms with Crippen molar-refractivity contribution in [2.24, 2.45) is 0 Å². The van der Waals surface area contributed by atoms with Crippen LogP contribution < -0.4 is 5.32 Å². The highest BCUT2D eigenvalue weighted by Crippen LogP contribution is 2.32. The average molecular weight is 326 g/mol. The van der Waals surface area contributed by atoms with Crippen LogP contribution in [0.3, 0.4) is 0 Å². The Kier molecular flexibility index (Phi) is 4.24. The van der Waals surface area contributed by atoms with E-state index < -0.39 is 11.5 Å². The molecule has 0 aliphatic heterocycles. The Morgan fingerprint density at radius 2 is 1.89 bits per heavy atom. The minimum Gasteiger partial charge on any atom is -0.480 e. The summed E-state index contributed by atoms with van der Waals surface area (Å²) in [7, 11) is 0. The Bertz CT molecular complexity index is 480. The van der Waals surface area contributed by atoms with Crippen molar-refractivity contribution in [2.45, 2.75) is 37.6 Å². The van der Waals surface area contributed by atoms with Crippen LogP contribution in [-0.2, 0) is 16.0 Å². The van der Waals surface area contributed by atoms with E-state index in [1.165, 1.54) is 0 Å². The van der Waals surface area contributed by atoms with E-state index >= 15 is 0 Å². The van der Waals surface area contributed by atoms with Gasteiger partial charge in [-0.3, -0.25) is 4.79 Å². The summed E-state index contributed by atoms with van der Waals surface area (Å²) in [6, 6.07) is 7.76. The first-order valence-electron chi connectivity index (χ1n) is 6.31. The summed E-state index contributed by atoms with van der Waals surface area (Å²) in [5.41, 5.74) is 0.0629. The van der Waals surface area contributed by atoms with Crippen LogP contribution in [0, 0.1) is 0 Å². The van der Waals surface area contributed by atoms with Gasteiger partial charge in [-0.15, -0.1) is 0 Å². The fourth-order valence-electron chi connectivity index (χ4n) is 2.16. The Morgan fingerprint density at radius 3 is 2.37 bits per heavy atom. The molecule has 1 fully saturated rings. The van der Waals surface area contributed by atoms with Gasteiger partial charge in [-0.25, -0.2) is 4.79 Å². The number of nitrogens with one attached hydrogen (secondary N) is 1. The molecule has 2 rings (SSSR count). The van der Waals surface area contributed by atoms with Crippen LogP contribution in [0.5, 0.6) is 0 Å². The largest absolute Gasteiger partial charge is 0.480 e. The van der Waals surface area contributed by atoms with Gasteiger partial charge in [0.15, 0.2) is 0 Å². The number of carbonyl (C=O) groups is 2. The summed E-state index contributed by atoms with van der Waals surface area (Å²) in [6.07, 6.45) is 2.86. The van der Waals surface area contributed by atoms with Gasteiger partial charge in [0, 0.05) is 10.9 Å². The van der Waals surface area contributed by atoms with E-state index in [1.54, 1.807) is 0 Å². The van der Waals surface area contributed by atoms with Gasteiger partial charge in [-0.1, -0.05) is 28.1 Å². The van der Waals surface area contributed by atoms with E-state index in [2.05, 4.69) is 21.2 Å². The second kappa shape index (κ2) is 5.74. The molecule has 0 atom stereocenters. The number of aryl methyl sites for hydroxylation is 1. The number of carboxylic acid groups (broad SMARTS) is 1. The van der Waals surface area contributed by atoms with Gasteiger partial charge in [0.05, 0.1) is 0 Å². The Hall–Kier alpha value is -1.36. The van der Waals surface area contributed by atoms with Gasteiger partial charge in [-0.2, -0.15) is 0 Å². The number of hydrogen-bond donors (Lipinski definition) is 2. The zero-order chi connectivity index (χ0) is 13.9. The van der Waals surface area contributed by atoms with E-state index in [0.717, 1.165) is 16.5 Å². The Balaban J connectivity index is 1.85. The monoisotopic (exact) mass is 325 g/mol. The van der Waals surface area contributed by atoms with E-state index in [1.807, 2.05) is 24.3 Å². The summed E-state index contributed by atoms with van der Waals surface area (Å²) < 4.78 is 1.000. The minimum atomic E-state index is -1.00. The van der Waals surface area contributed by atoms with E-state index in [9.17, 15) is 9.59 Å². The molecular formula is C14H16BrNO3. The molecule has 0 heterocycles. The molecule has 1 aliphatic carbocycles. The maximum Gasteiger partial charge on any atom is 0.329 e. The van der Waals surface area contributed by atoms with E-state index in [0.29, 0.717) is 25.7 Å². The summed E-state index contributed by atoms with van der Waals surface area (Å²) in [4.78, 5) is 22.9. The smallest absolute Gasteiger partial charge is 0.329 e. The number of halogens is 1. The van der Waals surface area contributed by atoms with E-state index in [4.69, 9.17) is 5.11 Å². The third-order valence-electron chi connectivity index (χ3n) is 3.55. The summed E-state index contributed by atoms with van der Waals surface area (Å²) in [5.74, 6) is -1.11. The predicted octanol–water partition coefficient (Wildman–Crippen LogP) is 2.51. The summed E-state index contributed by atoms with van der Waals surface area (Å²) in [6.45, 7) is 0. The van der Waals surface area contributed by atoms with Crippen molar-refractivity contribution in [3.63, 3.8) is 0 Å². The summed E-state index contributed by atoms with van der Waals surface area (Å²) >= 11 is 3.35. The highest BCUT2D eigenvalue weighted by atomic mass is 79.9. The Morgan fingerprint density at radius 1 is 1.26 bits per heavy atom. The number of carbonyl (C=O) groups excluding carboxylic acids is 1. The third kappa shape index (κ3) is 3.35. The zero-order valence-corrected chi connectivity index (χ0v) is 12.1. The number of carboxylic acids is 1. The molecule has 2 N–H and O–H groups in total. The zero-order valence-electron chi connectivity index (χ0n) is 10.5. The van der Waals surface area contributed by atoms with Crippen LogP contribution in [0.4, 0.5) is 0 Å². The van der Waals surface area contributed by atoms with Gasteiger partial charge < -0.3 is 10.4 Å². The fourth-order valence-corrected chi connectivity index (χ4v) is 2.43. The minimum absolute atomic E-state index is 0.190. The lowest BCUT2D eigenvalue weighted by Gasteiger charge is -2.38. The number of hydrogen-bond acceptors (Lipinski definition) is 2. The number of rotatable bonds is 5. The van der Waals surface area contributed by atoms with Crippen molar-refractivity contribution in [3.05, 3.63) is 34.3 Å². The maximum absolute atomic E-state index is 11.8. The average Bonchev–Trinajstić information content (AvgIpc) is 2.32. The standard InChI is InChI=1S/C14H16BrNO3/c15-11-5-2-10(3-6-11)4-7-12(17)16-14(13(18)19)8-1-9-14/h2-3,5-6H,1,4,7-9H2,(H,16,17)(H,18,19). The second-order valence-corrected chi connectivity index (χ2v) is 5.83. The van der Waals surface area contributed by atoms with Gasteiger partial charge in [0.1, 0.15) is 5.54 Å². The lowest BCUT2D eigenvalue weighted by atomic mass is 9.76. The fraction of sp³-hybridized carbons (Fsp3) is 0.429. The van der Waals surface area contributed by atoms with Gasteiger partial charge >= 0.3 is 5.97 Å². The van der Waals surface area contributed by atoms with Crippen molar-refractivity contribution < 1.29 is 14.7 Å². The first-order chi connectivity index (χ1) is 9.02. The summed E-state index contributed by atoms with van der Waals surface area (Å²) in [5, 5.41) is 11.8. The van der Waals surface area contributed by atoms with Gasteiger partial charge in [-0.05, 0) is 43.4 Å². The molecule has 19 heavy (non-hydrogen) atoms. The topological polar surface area (TPSA) is 66.4 Å². The second-order valence-electron chi connectivity index (χ2n) is 4.92. The predicted molar refractivity (Wildman–Crippen MR) is 74.8 cm³/mol. The molecule has 1 amide bonds. The molecule has 4 nitrogen and oxygen atoms in total. The molecule has 0 aromatic heterocycles. The molecular weight excluding hydrogens is 310 g/mol. The quantitative estimate of drug-likeness (QED) is 0.874. The molecule has 5 heteroatoms.